The molecule has 170 valence electrons. The molecule has 0 bridgehead atoms. The van der Waals surface area contributed by atoms with Crippen molar-refractivity contribution in [2.45, 2.75) is 59.0 Å². The van der Waals surface area contributed by atoms with Crippen molar-refractivity contribution in [3.8, 4) is 11.5 Å². The van der Waals surface area contributed by atoms with Gasteiger partial charge in [-0.3, -0.25) is 0 Å². The Morgan fingerprint density at radius 3 is 1.65 bits per heavy atom. The molecule has 1 heterocycles. The van der Waals surface area contributed by atoms with Crippen LogP contribution >= 0.6 is 0 Å². The molecule has 0 radical (unpaired) electrons. The summed E-state index contributed by atoms with van der Waals surface area (Å²) in [6.07, 6.45) is 0. The van der Waals surface area contributed by atoms with Crippen LogP contribution in [0.25, 0.3) is 0 Å². The second-order valence-corrected chi connectivity index (χ2v) is 9.38. The predicted molar refractivity (Wildman–Crippen MR) is 128 cm³/mol. The molecule has 0 unspecified atom stereocenters. The third-order valence-electron chi connectivity index (χ3n) is 6.52. The van der Waals surface area contributed by atoms with Crippen LogP contribution in [-0.4, -0.2) is 16.2 Å². The van der Waals surface area contributed by atoms with Crippen LogP contribution in [0, 0.1) is 13.8 Å². The zero-order chi connectivity index (χ0) is 23.4. The third kappa shape index (κ3) is 4.61. The molecule has 6 heteroatoms. The van der Waals surface area contributed by atoms with E-state index in [0.717, 1.165) is 38.9 Å². The molecule has 0 aromatic heterocycles. The Labute approximate surface area is 249 Å². The first kappa shape index (κ1) is 29.0. The molecule has 3 aromatic carbocycles. The molecule has 2 N–H and O–H groups in total. The van der Waals surface area contributed by atoms with E-state index in [9.17, 15) is 15.0 Å². The van der Waals surface area contributed by atoms with E-state index in [0.29, 0.717) is 5.56 Å². The number of fused-ring (bicyclic) bond motifs is 1. The van der Waals surface area contributed by atoms with E-state index < -0.39 is 5.60 Å². The molecule has 4 rings (SSSR count). The number of esters is 1. The number of ether oxygens (including phenoxy) is 1. The molecule has 34 heavy (non-hydrogen) atoms. The number of rotatable bonds is 4. The third-order valence-corrected chi connectivity index (χ3v) is 6.52. The number of aryl methyl sites for hydroxylation is 2. The minimum Gasteiger partial charge on any atom is -1.00 e. The molecule has 1 aliphatic heterocycles. The summed E-state index contributed by atoms with van der Waals surface area (Å²) < 4.78 is 6.30. The van der Waals surface area contributed by atoms with Gasteiger partial charge in [0.2, 0.25) is 0 Å². The maximum Gasteiger partial charge on any atom is 1.00 e. The number of hydrogen-bond donors (Lipinski definition) is 2. The number of aromatic hydroxyl groups is 2. The van der Waals surface area contributed by atoms with Crippen molar-refractivity contribution >= 4 is 5.97 Å². The van der Waals surface area contributed by atoms with Crippen LogP contribution in [0.5, 0.6) is 11.5 Å². The summed E-state index contributed by atoms with van der Waals surface area (Å²) in [6, 6.07) is 14.9. The Morgan fingerprint density at radius 2 is 1.21 bits per heavy atom. The molecular weight excluding hydrogens is 446 g/mol. The smallest absolute Gasteiger partial charge is 1.00 e. The predicted octanol–water partition coefficient (Wildman–Crippen LogP) is 0.657. The Hall–Kier alpha value is -1.27. The van der Waals surface area contributed by atoms with Gasteiger partial charge in [0.15, 0.2) is 5.60 Å². The molecule has 0 aliphatic carbocycles. The number of hydrogen-bond acceptors (Lipinski definition) is 4. The zero-order valence-corrected chi connectivity index (χ0v) is 25.5. The van der Waals surface area contributed by atoms with Gasteiger partial charge in [-0.15, -0.1) is 0 Å². The van der Waals surface area contributed by atoms with Crippen molar-refractivity contribution in [3.05, 3.63) is 93.0 Å². The number of cyclic esters (lactones) is 1. The number of benzene rings is 3. The quantitative estimate of drug-likeness (QED) is 0.427. The SMILES string of the molecule is Cc1cc(O)c(C(C)C)cc1C1(c2cc(C(C)C)c(O)cc2C)OC(=O)c2ccccc21.[H-].[H-].[Na+].[Na+]. The average molecular weight is 479 g/mol. The van der Waals surface area contributed by atoms with Gasteiger partial charge in [-0.1, -0.05) is 45.9 Å². The molecule has 0 amide bonds. The molecule has 3 aromatic rings. The van der Waals surface area contributed by atoms with Crippen LogP contribution < -0.4 is 59.1 Å². The van der Waals surface area contributed by atoms with Crippen LogP contribution in [0.2, 0.25) is 0 Å². The minimum absolute atomic E-state index is 0. The normalized spacial score (nSPS) is 13.8. The van der Waals surface area contributed by atoms with Gasteiger partial charge in [0.1, 0.15) is 11.5 Å². The van der Waals surface area contributed by atoms with E-state index in [1.807, 2.05) is 71.9 Å². The van der Waals surface area contributed by atoms with Crippen molar-refractivity contribution in [2.75, 3.05) is 0 Å². The summed E-state index contributed by atoms with van der Waals surface area (Å²) in [5.41, 5.74) is 5.03. The van der Waals surface area contributed by atoms with Crippen molar-refractivity contribution in [2.24, 2.45) is 0 Å². The van der Waals surface area contributed by atoms with E-state index >= 15 is 0 Å². The second kappa shape index (κ2) is 10.8. The summed E-state index contributed by atoms with van der Waals surface area (Å²) in [7, 11) is 0. The molecule has 1 aliphatic rings. The molecule has 0 spiro atoms. The Morgan fingerprint density at radius 1 is 0.765 bits per heavy atom. The maximum atomic E-state index is 13.1. The van der Waals surface area contributed by atoms with Gasteiger partial charge in [-0.2, -0.15) is 0 Å². The summed E-state index contributed by atoms with van der Waals surface area (Å²) in [6.45, 7) is 12.0. The van der Waals surface area contributed by atoms with Crippen LogP contribution in [0.4, 0.5) is 0 Å². The van der Waals surface area contributed by atoms with Crippen molar-refractivity contribution in [3.63, 3.8) is 0 Å². The fourth-order valence-electron chi connectivity index (χ4n) is 4.86. The largest absolute Gasteiger partial charge is 1.00 e. The van der Waals surface area contributed by atoms with Gasteiger partial charge in [0.25, 0.3) is 0 Å². The van der Waals surface area contributed by atoms with Gasteiger partial charge in [0.05, 0.1) is 5.56 Å². The van der Waals surface area contributed by atoms with Gasteiger partial charge in [0, 0.05) is 16.7 Å². The fraction of sp³-hybridized carbons (Fsp3) is 0.321. The van der Waals surface area contributed by atoms with E-state index in [4.69, 9.17) is 4.74 Å². The molecule has 0 saturated heterocycles. The van der Waals surface area contributed by atoms with Crippen LogP contribution in [0.15, 0.2) is 48.5 Å². The van der Waals surface area contributed by atoms with Gasteiger partial charge in [-0.05, 0) is 78.3 Å². The van der Waals surface area contributed by atoms with Crippen LogP contribution in [-0.2, 0) is 10.3 Å². The topological polar surface area (TPSA) is 66.8 Å². The number of phenols is 2. The summed E-state index contributed by atoms with van der Waals surface area (Å²) >= 11 is 0. The number of carbonyl (C=O) groups excluding carboxylic acids is 1. The van der Waals surface area contributed by atoms with E-state index in [1.165, 1.54) is 0 Å². The van der Waals surface area contributed by atoms with Crippen molar-refractivity contribution in [1.29, 1.82) is 0 Å². The van der Waals surface area contributed by atoms with Crippen molar-refractivity contribution < 1.29 is 81.7 Å². The molecule has 0 fully saturated rings. The minimum atomic E-state index is -1.17. The Balaban J connectivity index is 0.00000306. The van der Waals surface area contributed by atoms with Gasteiger partial charge in [-0.25, -0.2) is 4.79 Å². The first-order valence-electron chi connectivity index (χ1n) is 11.1. The van der Waals surface area contributed by atoms with E-state index in [1.54, 1.807) is 18.2 Å². The monoisotopic (exact) mass is 478 g/mol. The summed E-state index contributed by atoms with van der Waals surface area (Å²) in [5.74, 6) is 0.271. The average Bonchev–Trinajstić information content (AvgIpc) is 3.01. The van der Waals surface area contributed by atoms with Gasteiger partial charge >= 0.3 is 65.1 Å². The second-order valence-electron chi connectivity index (χ2n) is 9.38. The molecule has 0 atom stereocenters. The summed E-state index contributed by atoms with van der Waals surface area (Å²) in [5, 5.41) is 21.2. The summed E-state index contributed by atoms with van der Waals surface area (Å²) in [4.78, 5) is 13.1. The first-order chi connectivity index (χ1) is 15.1. The molecular formula is C28H32Na2O4. The van der Waals surface area contributed by atoms with E-state index in [2.05, 4.69) is 0 Å². The maximum absolute atomic E-state index is 13.1. The van der Waals surface area contributed by atoms with Gasteiger partial charge < -0.3 is 17.8 Å². The molecule has 0 saturated carbocycles. The van der Waals surface area contributed by atoms with Crippen LogP contribution in [0.3, 0.4) is 0 Å². The van der Waals surface area contributed by atoms with Crippen molar-refractivity contribution in [1.82, 2.24) is 0 Å². The Kier molecular flexibility index (Phi) is 9.18. The number of carbonyl (C=O) groups is 1. The standard InChI is InChI=1S/C28H30O4.2Na.2H/c1-15(2)20-13-23(17(5)11-25(20)29)28(22-10-8-7-9-19(22)27(31)32-28)24-14-21(16(3)4)26(30)12-18(24)6;;;;/h7-16,29-30H,1-6H3;;;;/q;2*+1;2*-1. The first-order valence-corrected chi connectivity index (χ1v) is 11.1. The number of phenolic OH excluding ortho intramolecular Hbond substituents is 2. The zero-order valence-electron chi connectivity index (χ0n) is 23.5. The Bertz CT molecular complexity index is 1180. The molecule has 4 nitrogen and oxygen atoms in total. The van der Waals surface area contributed by atoms with Crippen LogP contribution in [0.1, 0.15) is 91.7 Å². The van der Waals surface area contributed by atoms with E-state index in [-0.39, 0.29) is 91.3 Å². The fourth-order valence-corrected chi connectivity index (χ4v) is 4.86.